The summed E-state index contributed by atoms with van der Waals surface area (Å²) in [6.45, 7) is 0.557. The molecule has 0 aliphatic rings. The number of benzene rings is 3. The van der Waals surface area contributed by atoms with Crippen molar-refractivity contribution in [2.24, 2.45) is 0 Å². The monoisotopic (exact) mass is 368 g/mol. The maximum absolute atomic E-state index is 5.95. The van der Waals surface area contributed by atoms with Gasteiger partial charge in [0.1, 0.15) is 18.2 Å². The maximum atomic E-state index is 5.95. The third kappa shape index (κ3) is 4.10. The number of fused-ring (bicyclic) bond motifs is 1. The zero-order chi connectivity index (χ0) is 19.3. The second kappa shape index (κ2) is 7.80. The van der Waals surface area contributed by atoms with Crippen molar-refractivity contribution in [2.45, 2.75) is 6.61 Å². The standard InChI is InChI=1S/C23H20N4O/c24-22-20-14-17(10-13-21(20)26-23(25)27-22)7-6-16-8-11-19(12-9-16)28-15-18-4-2-1-3-5-18/h1-14H,15H2,(H4,24,25,26,27)/b7-6+. The van der Waals surface area contributed by atoms with Gasteiger partial charge < -0.3 is 16.2 Å². The smallest absolute Gasteiger partial charge is 0.222 e. The Labute approximate surface area is 163 Å². The molecule has 138 valence electrons. The van der Waals surface area contributed by atoms with Gasteiger partial charge in [0.2, 0.25) is 5.95 Å². The molecule has 5 nitrogen and oxygen atoms in total. The predicted molar refractivity (Wildman–Crippen MR) is 115 cm³/mol. The normalized spacial score (nSPS) is 11.1. The van der Waals surface area contributed by atoms with Gasteiger partial charge in [0.05, 0.1) is 5.52 Å². The van der Waals surface area contributed by atoms with E-state index in [9.17, 15) is 0 Å². The van der Waals surface area contributed by atoms with Gasteiger partial charge in [0.15, 0.2) is 0 Å². The molecule has 4 aromatic rings. The Kier molecular flexibility index (Phi) is 4.89. The first kappa shape index (κ1) is 17.5. The molecule has 0 saturated heterocycles. The van der Waals surface area contributed by atoms with Crippen molar-refractivity contribution < 1.29 is 4.74 Å². The molecule has 1 aromatic heterocycles. The van der Waals surface area contributed by atoms with Gasteiger partial charge in [0.25, 0.3) is 0 Å². The highest BCUT2D eigenvalue weighted by Gasteiger charge is 2.03. The van der Waals surface area contributed by atoms with Gasteiger partial charge in [-0.15, -0.1) is 0 Å². The van der Waals surface area contributed by atoms with Gasteiger partial charge in [-0.1, -0.05) is 60.7 Å². The fourth-order valence-electron chi connectivity index (χ4n) is 2.90. The van der Waals surface area contributed by atoms with Gasteiger partial charge in [0, 0.05) is 5.39 Å². The average Bonchev–Trinajstić information content (AvgIpc) is 2.72. The minimum absolute atomic E-state index is 0.183. The molecule has 0 bridgehead atoms. The van der Waals surface area contributed by atoms with Crippen LogP contribution in [-0.4, -0.2) is 9.97 Å². The Morgan fingerprint density at radius 3 is 2.29 bits per heavy atom. The molecule has 0 unspecified atom stereocenters. The number of nitrogens with two attached hydrogens (primary N) is 2. The van der Waals surface area contributed by atoms with E-state index in [0.717, 1.165) is 33.3 Å². The number of nitrogens with zero attached hydrogens (tertiary/aromatic N) is 2. The zero-order valence-corrected chi connectivity index (χ0v) is 15.2. The van der Waals surface area contributed by atoms with E-state index < -0.39 is 0 Å². The van der Waals surface area contributed by atoms with E-state index >= 15 is 0 Å². The molecule has 4 N–H and O–H groups in total. The van der Waals surface area contributed by atoms with Crippen molar-refractivity contribution in [1.29, 1.82) is 0 Å². The molecule has 0 fully saturated rings. The van der Waals surface area contributed by atoms with Crippen molar-refractivity contribution in [3.8, 4) is 5.75 Å². The lowest BCUT2D eigenvalue weighted by molar-refractivity contribution is 0.306. The third-order valence-corrected chi connectivity index (χ3v) is 4.36. The van der Waals surface area contributed by atoms with Crippen LogP contribution in [-0.2, 0) is 6.61 Å². The highest BCUT2D eigenvalue weighted by atomic mass is 16.5. The van der Waals surface area contributed by atoms with Crippen LogP contribution in [0, 0.1) is 0 Å². The molecule has 0 atom stereocenters. The molecule has 0 aliphatic carbocycles. The molecule has 0 spiro atoms. The van der Waals surface area contributed by atoms with Crippen LogP contribution in [0.5, 0.6) is 5.75 Å². The molecule has 3 aromatic carbocycles. The summed E-state index contributed by atoms with van der Waals surface area (Å²) in [6.07, 6.45) is 4.06. The number of nitrogen functional groups attached to an aromatic ring is 2. The van der Waals surface area contributed by atoms with Crippen LogP contribution < -0.4 is 16.2 Å². The highest BCUT2D eigenvalue weighted by molar-refractivity contribution is 5.91. The van der Waals surface area contributed by atoms with Gasteiger partial charge >= 0.3 is 0 Å². The van der Waals surface area contributed by atoms with E-state index in [0.29, 0.717) is 12.4 Å². The van der Waals surface area contributed by atoms with Gasteiger partial charge in [-0.2, -0.15) is 4.98 Å². The van der Waals surface area contributed by atoms with Crippen LogP contribution in [0.3, 0.4) is 0 Å². The summed E-state index contributed by atoms with van der Waals surface area (Å²) in [7, 11) is 0. The fourth-order valence-corrected chi connectivity index (χ4v) is 2.90. The quantitative estimate of drug-likeness (QED) is 0.505. The van der Waals surface area contributed by atoms with Gasteiger partial charge in [-0.3, -0.25) is 0 Å². The number of aromatic nitrogens is 2. The zero-order valence-electron chi connectivity index (χ0n) is 15.2. The summed E-state index contributed by atoms with van der Waals surface area (Å²) in [5, 5.41) is 0.793. The first-order chi connectivity index (χ1) is 13.7. The SMILES string of the molecule is Nc1nc(N)c2cc(/C=C/c3ccc(OCc4ccccc4)cc3)ccc2n1. The predicted octanol–water partition coefficient (Wildman–Crippen LogP) is 4.54. The van der Waals surface area contributed by atoms with Crippen LogP contribution >= 0.6 is 0 Å². The van der Waals surface area contributed by atoms with E-state index in [1.54, 1.807) is 0 Å². The van der Waals surface area contributed by atoms with E-state index in [-0.39, 0.29) is 5.95 Å². The summed E-state index contributed by atoms with van der Waals surface area (Å²) in [6, 6.07) is 23.9. The minimum atomic E-state index is 0.183. The lowest BCUT2D eigenvalue weighted by Gasteiger charge is -2.06. The summed E-state index contributed by atoms with van der Waals surface area (Å²) in [5.74, 6) is 1.41. The molecular formula is C23H20N4O. The van der Waals surface area contributed by atoms with Crippen molar-refractivity contribution in [1.82, 2.24) is 9.97 Å². The lowest BCUT2D eigenvalue weighted by Crippen LogP contribution is -2.00. The summed E-state index contributed by atoms with van der Waals surface area (Å²) in [5.41, 5.74) is 15.6. The fraction of sp³-hybridized carbons (Fsp3) is 0.0435. The van der Waals surface area contributed by atoms with Crippen LogP contribution in [0.1, 0.15) is 16.7 Å². The molecule has 0 saturated carbocycles. The number of anilines is 2. The van der Waals surface area contributed by atoms with Crippen molar-refractivity contribution in [2.75, 3.05) is 11.5 Å². The number of hydrogen-bond acceptors (Lipinski definition) is 5. The summed E-state index contributed by atoms with van der Waals surface area (Å²) in [4.78, 5) is 8.21. The molecule has 4 rings (SSSR count). The molecule has 1 heterocycles. The second-order valence-corrected chi connectivity index (χ2v) is 6.42. The Morgan fingerprint density at radius 2 is 1.50 bits per heavy atom. The van der Waals surface area contributed by atoms with Crippen molar-refractivity contribution in [3.63, 3.8) is 0 Å². The third-order valence-electron chi connectivity index (χ3n) is 4.36. The van der Waals surface area contributed by atoms with Crippen molar-refractivity contribution >= 4 is 34.8 Å². The highest BCUT2D eigenvalue weighted by Crippen LogP contribution is 2.22. The van der Waals surface area contributed by atoms with E-state index in [4.69, 9.17) is 16.2 Å². The summed E-state index contributed by atoms with van der Waals surface area (Å²) < 4.78 is 5.82. The Morgan fingerprint density at radius 1 is 0.786 bits per heavy atom. The van der Waals surface area contributed by atoms with Crippen LogP contribution in [0.25, 0.3) is 23.1 Å². The number of rotatable bonds is 5. The Balaban J connectivity index is 1.45. The van der Waals surface area contributed by atoms with E-state index in [2.05, 4.69) is 9.97 Å². The molecule has 0 aliphatic heterocycles. The molecule has 0 radical (unpaired) electrons. The minimum Gasteiger partial charge on any atom is -0.489 e. The van der Waals surface area contributed by atoms with Crippen LogP contribution in [0.2, 0.25) is 0 Å². The van der Waals surface area contributed by atoms with Crippen LogP contribution in [0.4, 0.5) is 11.8 Å². The number of hydrogen-bond donors (Lipinski definition) is 2. The first-order valence-corrected chi connectivity index (χ1v) is 8.95. The van der Waals surface area contributed by atoms with Crippen molar-refractivity contribution in [3.05, 3.63) is 89.5 Å². The van der Waals surface area contributed by atoms with E-state index in [1.807, 2.05) is 84.9 Å². The molecule has 0 amide bonds. The largest absolute Gasteiger partial charge is 0.489 e. The second-order valence-electron chi connectivity index (χ2n) is 6.42. The van der Waals surface area contributed by atoms with Crippen LogP contribution in [0.15, 0.2) is 72.8 Å². The Bertz CT molecular complexity index is 1120. The topological polar surface area (TPSA) is 87.0 Å². The van der Waals surface area contributed by atoms with Gasteiger partial charge in [-0.25, -0.2) is 4.98 Å². The Hall–Kier alpha value is -3.86. The lowest BCUT2D eigenvalue weighted by atomic mass is 10.1. The molecular weight excluding hydrogens is 348 g/mol. The van der Waals surface area contributed by atoms with Gasteiger partial charge in [-0.05, 0) is 41.0 Å². The molecule has 5 heteroatoms. The molecule has 28 heavy (non-hydrogen) atoms. The number of ether oxygens (including phenoxy) is 1. The maximum Gasteiger partial charge on any atom is 0.222 e. The average molecular weight is 368 g/mol. The first-order valence-electron chi connectivity index (χ1n) is 8.95. The van der Waals surface area contributed by atoms with E-state index in [1.165, 1.54) is 0 Å². The summed E-state index contributed by atoms with van der Waals surface area (Å²) >= 11 is 0.